The van der Waals surface area contributed by atoms with Crippen molar-refractivity contribution in [3.63, 3.8) is 0 Å². The number of aryl methyl sites for hydroxylation is 1. The zero-order valence-corrected chi connectivity index (χ0v) is 13.4. The van der Waals surface area contributed by atoms with E-state index in [4.69, 9.17) is 16.3 Å². The summed E-state index contributed by atoms with van der Waals surface area (Å²) < 4.78 is 5.90. The smallest absolute Gasteiger partial charge is 0.173 e. The minimum absolute atomic E-state index is 0.119. The normalized spacial score (nSPS) is 10.5. The molecule has 0 saturated heterocycles. The van der Waals surface area contributed by atoms with Crippen LogP contribution in [0.1, 0.15) is 21.7 Å². The molecule has 0 bridgehead atoms. The van der Waals surface area contributed by atoms with Gasteiger partial charge in [-0.1, -0.05) is 23.7 Å². The molecule has 1 aromatic heterocycles. The maximum Gasteiger partial charge on any atom is 0.173 e. The van der Waals surface area contributed by atoms with Gasteiger partial charge in [0.05, 0.1) is 20.8 Å². The summed E-state index contributed by atoms with van der Waals surface area (Å²) in [5.74, 6) is 0.942. The van der Waals surface area contributed by atoms with Crippen molar-refractivity contribution in [2.45, 2.75) is 12.8 Å². The molecule has 100 valence electrons. The minimum atomic E-state index is 0.119. The highest BCUT2D eigenvalue weighted by atomic mass is 79.9. The van der Waals surface area contributed by atoms with Crippen molar-refractivity contribution in [1.82, 2.24) is 0 Å². The van der Waals surface area contributed by atoms with E-state index in [0.29, 0.717) is 16.3 Å². The van der Waals surface area contributed by atoms with Crippen LogP contribution in [0.15, 0.2) is 34.1 Å². The van der Waals surface area contributed by atoms with E-state index >= 15 is 0 Å². The molecule has 0 aliphatic heterocycles. The first-order valence-corrected chi connectivity index (χ1v) is 7.70. The molecule has 0 fully saturated rings. The molecular weight excluding hydrogens is 348 g/mol. The van der Waals surface area contributed by atoms with Crippen LogP contribution in [0.4, 0.5) is 0 Å². The van der Waals surface area contributed by atoms with Gasteiger partial charge in [0.2, 0.25) is 0 Å². The minimum Gasteiger partial charge on any atom is -0.497 e. The molecule has 2 nitrogen and oxygen atoms in total. The molecule has 5 heteroatoms. The van der Waals surface area contributed by atoms with Crippen molar-refractivity contribution in [3.8, 4) is 5.75 Å². The van der Waals surface area contributed by atoms with Gasteiger partial charge in [0.15, 0.2) is 5.78 Å². The lowest BCUT2D eigenvalue weighted by atomic mass is 10.1. The second-order valence-electron chi connectivity index (χ2n) is 4.00. The summed E-state index contributed by atoms with van der Waals surface area (Å²) in [5, 5.41) is 0.595. The van der Waals surface area contributed by atoms with E-state index in [1.165, 1.54) is 11.3 Å². The van der Waals surface area contributed by atoms with Gasteiger partial charge >= 0.3 is 0 Å². The second-order valence-corrected chi connectivity index (χ2v) is 6.78. The third-order valence-corrected chi connectivity index (χ3v) is 5.24. The number of methoxy groups -OCH3 is 1. The first-order valence-electron chi connectivity index (χ1n) is 5.71. The van der Waals surface area contributed by atoms with E-state index < -0.39 is 0 Å². The van der Waals surface area contributed by atoms with Crippen LogP contribution in [0.5, 0.6) is 5.75 Å². The number of carbonyl (C=O) groups is 1. The fourth-order valence-electron chi connectivity index (χ4n) is 1.66. The maximum atomic E-state index is 12.0. The number of hydrogen-bond donors (Lipinski definition) is 0. The lowest BCUT2D eigenvalue weighted by Gasteiger charge is -2.02. The van der Waals surface area contributed by atoms with Gasteiger partial charge < -0.3 is 4.74 Å². The summed E-state index contributed by atoms with van der Waals surface area (Å²) in [4.78, 5) is 12.7. The van der Waals surface area contributed by atoms with E-state index in [9.17, 15) is 4.79 Å². The predicted molar refractivity (Wildman–Crippen MR) is 82.7 cm³/mol. The molecule has 0 saturated carbocycles. The van der Waals surface area contributed by atoms with Crippen LogP contribution >= 0.6 is 38.9 Å². The molecule has 19 heavy (non-hydrogen) atoms. The van der Waals surface area contributed by atoms with E-state index in [2.05, 4.69) is 15.9 Å². The van der Waals surface area contributed by atoms with Crippen LogP contribution in [0.25, 0.3) is 0 Å². The highest BCUT2D eigenvalue weighted by Crippen LogP contribution is 2.32. The Labute approximate surface area is 129 Å². The number of carbonyl (C=O) groups excluding carboxylic acids is 1. The van der Waals surface area contributed by atoms with Crippen molar-refractivity contribution in [2.24, 2.45) is 0 Å². The van der Waals surface area contributed by atoms with Gasteiger partial charge in [-0.3, -0.25) is 4.79 Å². The third kappa shape index (κ3) is 3.81. The van der Waals surface area contributed by atoms with Gasteiger partial charge in [0, 0.05) is 6.42 Å². The Morgan fingerprint density at radius 3 is 2.58 bits per heavy atom. The Morgan fingerprint density at radius 2 is 2.05 bits per heavy atom. The number of benzene rings is 1. The Balaban J connectivity index is 1.96. The van der Waals surface area contributed by atoms with Gasteiger partial charge in [0.1, 0.15) is 5.75 Å². The van der Waals surface area contributed by atoms with Crippen molar-refractivity contribution in [2.75, 3.05) is 7.11 Å². The predicted octanol–water partition coefficient (Wildman–Crippen LogP) is 4.99. The van der Waals surface area contributed by atoms with Gasteiger partial charge in [-0.25, -0.2) is 0 Å². The molecule has 1 heterocycles. The standard InChI is InChI=1S/C14H12BrClO2S/c1-18-10-5-2-9(3-6-10)4-7-12(17)13-8-11(16)14(15)19-13/h2-3,5-6,8H,4,7H2,1H3. The molecule has 2 aromatic rings. The molecule has 1 aromatic carbocycles. The number of Topliss-reactive ketones (excluding diaryl/α,β-unsaturated/α-hetero) is 1. The highest BCUT2D eigenvalue weighted by molar-refractivity contribution is 9.11. The monoisotopic (exact) mass is 358 g/mol. The number of hydrogen-bond acceptors (Lipinski definition) is 3. The van der Waals surface area contributed by atoms with Crippen LogP contribution in [-0.2, 0) is 6.42 Å². The molecule has 0 radical (unpaired) electrons. The van der Waals surface area contributed by atoms with Crippen molar-refractivity contribution < 1.29 is 9.53 Å². The summed E-state index contributed by atoms with van der Waals surface area (Å²) in [6, 6.07) is 9.47. The number of rotatable bonds is 5. The lowest BCUT2D eigenvalue weighted by Crippen LogP contribution is -1.98. The van der Waals surface area contributed by atoms with Crippen molar-refractivity contribution in [3.05, 3.63) is 49.6 Å². The van der Waals surface area contributed by atoms with Crippen LogP contribution in [0.2, 0.25) is 5.02 Å². The first kappa shape index (κ1) is 14.6. The summed E-state index contributed by atoms with van der Waals surface area (Å²) in [6.07, 6.45) is 1.20. The van der Waals surface area contributed by atoms with E-state index in [0.717, 1.165) is 21.5 Å². The molecule has 0 amide bonds. The molecular formula is C14H12BrClO2S. The average molecular weight is 360 g/mol. The first-order chi connectivity index (χ1) is 9.10. The topological polar surface area (TPSA) is 26.3 Å². The summed E-state index contributed by atoms with van der Waals surface area (Å²) in [7, 11) is 1.64. The fourth-order valence-corrected chi connectivity index (χ4v) is 3.33. The van der Waals surface area contributed by atoms with Crippen molar-refractivity contribution >= 4 is 44.7 Å². The largest absolute Gasteiger partial charge is 0.497 e. The number of ketones is 1. The lowest BCUT2D eigenvalue weighted by molar-refractivity contribution is 0.0986. The van der Waals surface area contributed by atoms with Gasteiger partial charge in [-0.05, 0) is 46.1 Å². The van der Waals surface area contributed by atoms with Gasteiger partial charge in [0.25, 0.3) is 0 Å². The molecule has 0 unspecified atom stereocenters. The molecule has 0 aliphatic rings. The summed E-state index contributed by atoms with van der Waals surface area (Å²) in [5.41, 5.74) is 1.12. The zero-order chi connectivity index (χ0) is 13.8. The van der Waals surface area contributed by atoms with Gasteiger partial charge in [-0.2, -0.15) is 0 Å². The molecule has 0 atom stereocenters. The van der Waals surface area contributed by atoms with Crippen LogP contribution in [0, 0.1) is 0 Å². The molecule has 0 N–H and O–H groups in total. The number of thiophene rings is 1. The molecule has 0 spiro atoms. The van der Waals surface area contributed by atoms with E-state index in [1.54, 1.807) is 13.2 Å². The van der Waals surface area contributed by atoms with E-state index in [-0.39, 0.29) is 5.78 Å². The molecule has 2 rings (SSSR count). The van der Waals surface area contributed by atoms with Crippen molar-refractivity contribution in [1.29, 1.82) is 0 Å². The maximum absolute atomic E-state index is 12.0. The van der Waals surface area contributed by atoms with E-state index in [1.807, 2.05) is 24.3 Å². The Morgan fingerprint density at radius 1 is 1.37 bits per heavy atom. The Kier molecular flexibility index (Phi) is 5.02. The Hall–Kier alpha value is -0.840. The summed E-state index contributed by atoms with van der Waals surface area (Å²) in [6.45, 7) is 0. The SMILES string of the molecule is COc1ccc(CCC(=O)c2cc(Cl)c(Br)s2)cc1. The molecule has 0 aliphatic carbocycles. The van der Waals surface area contributed by atoms with Crippen LogP contribution in [0.3, 0.4) is 0 Å². The summed E-state index contributed by atoms with van der Waals surface area (Å²) >= 11 is 10.6. The second kappa shape index (κ2) is 6.55. The van der Waals surface area contributed by atoms with Crippen LogP contribution < -0.4 is 4.74 Å². The quantitative estimate of drug-likeness (QED) is 0.703. The number of halogens is 2. The third-order valence-electron chi connectivity index (χ3n) is 2.72. The highest BCUT2D eigenvalue weighted by Gasteiger charge is 2.12. The van der Waals surface area contributed by atoms with Crippen LogP contribution in [-0.4, -0.2) is 12.9 Å². The average Bonchev–Trinajstić information content (AvgIpc) is 2.77. The number of ether oxygens (including phenoxy) is 1. The Bertz CT molecular complexity index is 558. The van der Waals surface area contributed by atoms with Gasteiger partial charge in [-0.15, -0.1) is 11.3 Å². The zero-order valence-electron chi connectivity index (χ0n) is 10.3. The fraction of sp³-hybridized carbons (Fsp3) is 0.214.